The SMILES string of the molecule is C=Cc1ccc(CCCCCCN2C(C)CN(c3ccc4c(c3)C(=O)N(C(CCC=O)C(=O)NC)C4=O)CC2C)cc1.CC. The van der Waals surface area contributed by atoms with Crippen LogP contribution in [0.3, 0.4) is 0 Å². The number of benzene rings is 2. The minimum Gasteiger partial charge on any atom is -0.368 e. The van der Waals surface area contributed by atoms with Crippen LogP contribution in [0, 0.1) is 0 Å². The number of hydrogen-bond acceptors (Lipinski definition) is 6. The molecule has 2 aromatic rings. The van der Waals surface area contributed by atoms with Gasteiger partial charge in [-0.25, -0.2) is 0 Å². The van der Waals surface area contributed by atoms with E-state index < -0.39 is 23.8 Å². The molecule has 0 aliphatic carbocycles. The molecule has 3 unspecified atom stereocenters. The van der Waals surface area contributed by atoms with E-state index >= 15 is 0 Å². The van der Waals surface area contributed by atoms with Gasteiger partial charge in [-0.05, 0) is 75.4 Å². The van der Waals surface area contributed by atoms with E-state index in [9.17, 15) is 19.2 Å². The van der Waals surface area contributed by atoms with Crippen LogP contribution in [0.1, 0.15) is 98.1 Å². The lowest BCUT2D eigenvalue weighted by Gasteiger charge is -2.45. The second-order valence-electron chi connectivity index (χ2n) is 11.5. The van der Waals surface area contributed by atoms with Gasteiger partial charge >= 0.3 is 0 Å². The van der Waals surface area contributed by atoms with Crippen molar-refractivity contribution in [2.24, 2.45) is 0 Å². The number of imide groups is 1. The number of carbonyl (C=O) groups excluding carboxylic acids is 4. The fourth-order valence-electron chi connectivity index (χ4n) is 6.30. The Morgan fingerprint density at radius 3 is 2.20 bits per heavy atom. The highest BCUT2D eigenvalue weighted by molar-refractivity contribution is 6.23. The van der Waals surface area contributed by atoms with Crippen molar-refractivity contribution in [3.05, 3.63) is 71.3 Å². The second-order valence-corrected chi connectivity index (χ2v) is 11.5. The van der Waals surface area contributed by atoms with Gasteiger partial charge in [0.15, 0.2) is 0 Å². The van der Waals surface area contributed by atoms with Gasteiger partial charge in [0.2, 0.25) is 5.91 Å². The van der Waals surface area contributed by atoms with Crippen molar-refractivity contribution in [1.29, 1.82) is 0 Å². The molecule has 0 bridgehead atoms. The normalized spacial score (nSPS) is 18.8. The average molecular weight is 603 g/mol. The molecule has 1 N–H and O–H groups in total. The smallest absolute Gasteiger partial charge is 0.262 e. The van der Waals surface area contributed by atoms with E-state index in [4.69, 9.17) is 0 Å². The van der Waals surface area contributed by atoms with Gasteiger partial charge in [-0.1, -0.05) is 63.6 Å². The minimum absolute atomic E-state index is 0.0849. The maximum absolute atomic E-state index is 13.4. The van der Waals surface area contributed by atoms with Crippen molar-refractivity contribution in [3.8, 4) is 0 Å². The van der Waals surface area contributed by atoms with Crippen LogP contribution in [0.15, 0.2) is 49.0 Å². The maximum Gasteiger partial charge on any atom is 0.262 e. The Kier molecular flexibility index (Phi) is 13.3. The van der Waals surface area contributed by atoms with E-state index in [1.54, 1.807) is 12.1 Å². The molecule has 2 aromatic carbocycles. The zero-order valence-electron chi connectivity index (χ0n) is 27.2. The van der Waals surface area contributed by atoms with Gasteiger partial charge in [-0.15, -0.1) is 0 Å². The topological polar surface area (TPSA) is 90.0 Å². The van der Waals surface area contributed by atoms with Crippen molar-refractivity contribution in [3.63, 3.8) is 0 Å². The molecule has 8 nitrogen and oxygen atoms in total. The molecule has 0 radical (unpaired) electrons. The molecule has 0 saturated carbocycles. The largest absolute Gasteiger partial charge is 0.368 e. The summed E-state index contributed by atoms with van der Waals surface area (Å²) in [6, 6.07) is 13.7. The molecule has 1 saturated heterocycles. The molecule has 8 heteroatoms. The van der Waals surface area contributed by atoms with E-state index in [0.29, 0.717) is 29.5 Å². The van der Waals surface area contributed by atoms with Gasteiger partial charge in [0.1, 0.15) is 12.3 Å². The molecular formula is C36H50N4O4. The zero-order valence-corrected chi connectivity index (χ0v) is 27.2. The number of carbonyl (C=O) groups is 4. The Hall–Kier alpha value is -3.78. The van der Waals surface area contributed by atoms with Crippen LogP contribution in [0.5, 0.6) is 0 Å². The highest BCUT2D eigenvalue weighted by atomic mass is 16.2. The number of hydrogen-bond donors (Lipinski definition) is 1. The van der Waals surface area contributed by atoms with Crippen LogP contribution in [0.2, 0.25) is 0 Å². The average Bonchev–Trinajstić information content (AvgIpc) is 3.29. The zero-order chi connectivity index (χ0) is 32.2. The molecule has 3 amide bonds. The third-order valence-corrected chi connectivity index (χ3v) is 8.63. The molecule has 2 aliphatic heterocycles. The van der Waals surface area contributed by atoms with Crippen LogP contribution in [0.25, 0.3) is 6.08 Å². The Morgan fingerprint density at radius 1 is 0.955 bits per heavy atom. The number of unbranched alkanes of at least 4 members (excludes halogenated alkanes) is 3. The lowest BCUT2D eigenvalue weighted by molar-refractivity contribution is -0.124. The predicted molar refractivity (Wildman–Crippen MR) is 178 cm³/mol. The van der Waals surface area contributed by atoms with Gasteiger partial charge in [0.05, 0.1) is 11.1 Å². The van der Waals surface area contributed by atoms with E-state index in [1.807, 2.05) is 26.0 Å². The first kappa shape index (κ1) is 34.7. The Labute approximate surface area is 263 Å². The van der Waals surface area contributed by atoms with E-state index in [-0.39, 0.29) is 12.8 Å². The number of anilines is 1. The molecule has 2 aliphatic rings. The summed E-state index contributed by atoms with van der Waals surface area (Å²) in [6.07, 6.45) is 8.67. The van der Waals surface area contributed by atoms with Crippen molar-refractivity contribution in [1.82, 2.24) is 15.1 Å². The fraction of sp³-hybridized carbons (Fsp3) is 0.500. The van der Waals surface area contributed by atoms with E-state index in [0.717, 1.165) is 42.2 Å². The van der Waals surface area contributed by atoms with E-state index in [1.165, 1.54) is 38.3 Å². The number of nitrogens with one attached hydrogen (secondary N) is 1. The van der Waals surface area contributed by atoms with Gasteiger partial charge in [-0.2, -0.15) is 0 Å². The monoisotopic (exact) mass is 602 g/mol. The Balaban J connectivity index is 0.00000259. The van der Waals surface area contributed by atoms with Crippen LogP contribution >= 0.6 is 0 Å². The van der Waals surface area contributed by atoms with Crippen LogP contribution in [0.4, 0.5) is 5.69 Å². The molecule has 0 spiro atoms. The van der Waals surface area contributed by atoms with Crippen molar-refractivity contribution >= 4 is 35.8 Å². The minimum atomic E-state index is -1.01. The summed E-state index contributed by atoms with van der Waals surface area (Å²) in [5.41, 5.74) is 4.06. The molecular weight excluding hydrogens is 552 g/mol. The van der Waals surface area contributed by atoms with Gasteiger partial charge < -0.3 is 15.0 Å². The van der Waals surface area contributed by atoms with E-state index in [2.05, 4.69) is 59.8 Å². The summed E-state index contributed by atoms with van der Waals surface area (Å²) in [5.74, 6) is -1.42. The standard InChI is InChI=1S/C34H44N4O4.C2H6/c1-5-26-13-15-27(16-14-26)11-8-6-7-9-19-37-24(2)22-36(23-25(37)3)28-17-18-29-30(21-28)34(42)38(33(29)41)31(12-10-20-39)32(40)35-4;1-2/h5,13-18,20-21,24-25,31H,1,6-12,19,22-23H2,2-4H3,(H,35,40);1-2H3. The van der Waals surface area contributed by atoms with Crippen LogP contribution in [-0.4, -0.2) is 78.6 Å². The molecule has 3 atom stereocenters. The van der Waals surface area contributed by atoms with Gasteiger partial charge in [-0.3, -0.25) is 24.2 Å². The maximum atomic E-state index is 13.4. The number of rotatable bonds is 14. The third-order valence-electron chi connectivity index (χ3n) is 8.63. The molecule has 1 fully saturated rings. The number of aryl methyl sites for hydroxylation is 1. The van der Waals surface area contributed by atoms with Crippen LogP contribution in [-0.2, 0) is 16.0 Å². The second kappa shape index (κ2) is 16.9. The first-order valence-electron chi connectivity index (χ1n) is 16.2. The summed E-state index contributed by atoms with van der Waals surface area (Å²) < 4.78 is 0. The number of nitrogens with zero attached hydrogens (tertiary/aromatic N) is 3. The summed E-state index contributed by atoms with van der Waals surface area (Å²) in [7, 11) is 1.46. The summed E-state index contributed by atoms with van der Waals surface area (Å²) >= 11 is 0. The van der Waals surface area contributed by atoms with Crippen molar-refractivity contribution in [2.75, 3.05) is 31.6 Å². The Morgan fingerprint density at radius 2 is 1.59 bits per heavy atom. The first-order valence-corrected chi connectivity index (χ1v) is 16.2. The molecule has 44 heavy (non-hydrogen) atoms. The molecule has 2 heterocycles. The summed E-state index contributed by atoms with van der Waals surface area (Å²) in [5, 5.41) is 2.51. The predicted octanol–water partition coefficient (Wildman–Crippen LogP) is 5.75. The quantitative estimate of drug-likeness (QED) is 0.168. The number of fused-ring (bicyclic) bond motifs is 1. The van der Waals surface area contributed by atoms with Crippen LogP contribution < -0.4 is 10.2 Å². The number of amides is 3. The fourth-order valence-corrected chi connectivity index (χ4v) is 6.30. The highest BCUT2D eigenvalue weighted by Gasteiger charge is 2.43. The lowest BCUT2D eigenvalue weighted by Crippen LogP contribution is -2.57. The molecule has 4 rings (SSSR count). The summed E-state index contributed by atoms with van der Waals surface area (Å²) in [4.78, 5) is 55.8. The molecule has 238 valence electrons. The van der Waals surface area contributed by atoms with Crippen molar-refractivity contribution in [2.45, 2.75) is 90.8 Å². The third kappa shape index (κ3) is 8.23. The molecule has 0 aromatic heterocycles. The number of piperazine rings is 1. The number of aldehydes is 1. The summed E-state index contributed by atoms with van der Waals surface area (Å²) in [6.45, 7) is 15.0. The Bertz CT molecular complexity index is 1280. The first-order chi connectivity index (χ1) is 21.3. The number of likely N-dealkylation sites (N-methyl/N-ethyl adjacent to an activating group) is 1. The van der Waals surface area contributed by atoms with Gasteiger partial charge in [0, 0.05) is 44.3 Å². The van der Waals surface area contributed by atoms with Gasteiger partial charge in [0.25, 0.3) is 11.8 Å². The lowest BCUT2D eigenvalue weighted by atomic mass is 10.0. The van der Waals surface area contributed by atoms with Crippen molar-refractivity contribution < 1.29 is 19.2 Å². The highest BCUT2D eigenvalue weighted by Crippen LogP contribution is 2.31.